The molecule has 2 atom stereocenters. The fourth-order valence-electron chi connectivity index (χ4n) is 2.28. The first-order valence-electron chi connectivity index (χ1n) is 7.74. The monoisotopic (exact) mass is 312 g/mol. The van der Waals surface area contributed by atoms with Gasteiger partial charge in [-0.1, -0.05) is 61.5 Å². The SMILES string of the molecule is C=CC(C[C@@H](C)COCc1ccccc1)Sc1ccccc1. The molecule has 2 rings (SSSR count). The standard InChI is InChI=1S/C20H24OS/c1-3-19(22-20-12-8-5-9-13-20)14-17(2)15-21-16-18-10-6-4-7-11-18/h3-13,17,19H,1,14-16H2,2H3/t17-,19?/m1/s1. The number of hydrogen-bond donors (Lipinski definition) is 0. The van der Waals surface area contributed by atoms with Gasteiger partial charge in [-0.2, -0.15) is 0 Å². The second-order valence-corrected chi connectivity index (χ2v) is 6.86. The summed E-state index contributed by atoms with van der Waals surface area (Å²) in [5.41, 5.74) is 1.23. The highest BCUT2D eigenvalue weighted by Crippen LogP contribution is 2.28. The van der Waals surface area contributed by atoms with Crippen LogP contribution in [0.15, 0.2) is 78.2 Å². The smallest absolute Gasteiger partial charge is 0.0717 e. The van der Waals surface area contributed by atoms with Crippen LogP contribution in [0.3, 0.4) is 0 Å². The molecular formula is C20H24OS. The molecule has 2 aromatic carbocycles. The maximum atomic E-state index is 5.83. The molecule has 0 aliphatic heterocycles. The van der Waals surface area contributed by atoms with Crippen molar-refractivity contribution in [1.82, 2.24) is 0 Å². The van der Waals surface area contributed by atoms with Crippen molar-refractivity contribution in [2.45, 2.75) is 30.1 Å². The summed E-state index contributed by atoms with van der Waals surface area (Å²) in [5.74, 6) is 0.517. The normalized spacial score (nSPS) is 13.5. The van der Waals surface area contributed by atoms with Crippen molar-refractivity contribution in [3.63, 3.8) is 0 Å². The van der Waals surface area contributed by atoms with Crippen LogP contribution in [0.5, 0.6) is 0 Å². The molecule has 0 radical (unpaired) electrons. The number of benzene rings is 2. The van der Waals surface area contributed by atoms with Gasteiger partial charge in [0.1, 0.15) is 0 Å². The van der Waals surface area contributed by atoms with Crippen molar-refractivity contribution in [3.8, 4) is 0 Å². The average molecular weight is 312 g/mol. The van der Waals surface area contributed by atoms with E-state index in [4.69, 9.17) is 4.74 Å². The molecule has 0 amide bonds. The Morgan fingerprint density at radius 1 is 1.05 bits per heavy atom. The van der Waals surface area contributed by atoms with E-state index in [9.17, 15) is 0 Å². The number of rotatable bonds is 9. The van der Waals surface area contributed by atoms with E-state index in [2.05, 4.69) is 49.9 Å². The molecule has 0 spiro atoms. The van der Waals surface area contributed by atoms with Crippen molar-refractivity contribution in [2.24, 2.45) is 5.92 Å². The number of ether oxygens (including phenoxy) is 1. The summed E-state index contributed by atoms with van der Waals surface area (Å²) in [6, 6.07) is 20.8. The summed E-state index contributed by atoms with van der Waals surface area (Å²) in [7, 11) is 0. The van der Waals surface area contributed by atoms with Gasteiger partial charge < -0.3 is 4.74 Å². The molecule has 0 aliphatic rings. The van der Waals surface area contributed by atoms with Crippen LogP contribution in [-0.2, 0) is 11.3 Å². The van der Waals surface area contributed by atoms with Gasteiger partial charge in [-0.3, -0.25) is 0 Å². The molecule has 116 valence electrons. The summed E-state index contributed by atoms with van der Waals surface area (Å²) in [6.07, 6.45) is 3.13. The van der Waals surface area contributed by atoms with Crippen LogP contribution in [-0.4, -0.2) is 11.9 Å². The molecule has 2 aromatic rings. The zero-order valence-electron chi connectivity index (χ0n) is 13.2. The quantitative estimate of drug-likeness (QED) is 0.442. The molecule has 0 aromatic heterocycles. The second kappa shape index (κ2) is 9.50. The number of thioether (sulfide) groups is 1. The van der Waals surface area contributed by atoms with Crippen molar-refractivity contribution >= 4 is 11.8 Å². The van der Waals surface area contributed by atoms with E-state index in [1.165, 1.54) is 10.5 Å². The maximum Gasteiger partial charge on any atom is 0.0717 e. The first kappa shape index (κ1) is 16.9. The third kappa shape index (κ3) is 6.08. The van der Waals surface area contributed by atoms with Crippen LogP contribution >= 0.6 is 11.8 Å². The highest BCUT2D eigenvalue weighted by Gasteiger charge is 2.12. The summed E-state index contributed by atoms with van der Waals surface area (Å²) in [4.78, 5) is 1.30. The Balaban J connectivity index is 1.72. The fourth-order valence-corrected chi connectivity index (χ4v) is 3.47. The summed E-state index contributed by atoms with van der Waals surface area (Å²) in [5, 5.41) is 0.428. The van der Waals surface area contributed by atoms with Gasteiger partial charge >= 0.3 is 0 Å². The van der Waals surface area contributed by atoms with E-state index in [0.29, 0.717) is 17.8 Å². The van der Waals surface area contributed by atoms with Crippen LogP contribution in [0.25, 0.3) is 0 Å². The Morgan fingerprint density at radius 2 is 1.68 bits per heavy atom. The van der Waals surface area contributed by atoms with Crippen LogP contribution in [0.4, 0.5) is 0 Å². The lowest BCUT2D eigenvalue weighted by molar-refractivity contribution is 0.0902. The highest BCUT2D eigenvalue weighted by molar-refractivity contribution is 8.00. The molecule has 22 heavy (non-hydrogen) atoms. The van der Waals surface area contributed by atoms with E-state index in [1.807, 2.05) is 42.1 Å². The maximum absolute atomic E-state index is 5.83. The zero-order valence-corrected chi connectivity index (χ0v) is 14.0. The van der Waals surface area contributed by atoms with Gasteiger partial charge in [-0.25, -0.2) is 0 Å². The Hall–Kier alpha value is -1.51. The van der Waals surface area contributed by atoms with E-state index >= 15 is 0 Å². The van der Waals surface area contributed by atoms with E-state index in [-0.39, 0.29) is 0 Å². The molecule has 1 nitrogen and oxygen atoms in total. The molecule has 0 N–H and O–H groups in total. The molecule has 0 aliphatic carbocycles. The zero-order chi connectivity index (χ0) is 15.6. The Kier molecular flexibility index (Phi) is 7.27. The summed E-state index contributed by atoms with van der Waals surface area (Å²) >= 11 is 1.87. The molecule has 0 saturated heterocycles. The molecule has 0 fully saturated rings. The molecule has 0 heterocycles. The van der Waals surface area contributed by atoms with Gasteiger partial charge in [0, 0.05) is 16.8 Å². The van der Waals surface area contributed by atoms with E-state index in [0.717, 1.165) is 13.0 Å². The van der Waals surface area contributed by atoms with Crippen molar-refractivity contribution < 1.29 is 4.74 Å². The first-order chi connectivity index (χ1) is 10.8. The van der Waals surface area contributed by atoms with Crippen molar-refractivity contribution in [3.05, 3.63) is 78.9 Å². The van der Waals surface area contributed by atoms with E-state index in [1.54, 1.807) is 0 Å². The Morgan fingerprint density at radius 3 is 2.32 bits per heavy atom. The highest BCUT2D eigenvalue weighted by atomic mass is 32.2. The van der Waals surface area contributed by atoms with Crippen LogP contribution in [0.2, 0.25) is 0 Å². The predicted octanol–water partition coefficient (Wildman–Crippen LogP) is 5.58. The summed E-state index contributed by atoms with van der Waals surface area (Å²) in [6.45, 7) is 7.70. The third-order valence-electron chi connectivity index (χ3n) is 3.44. The third-order valence-corrected chi connectivity index (χ3v) is 4.67. The van der Waals surface area contributed by atoms with Gasteiger partial charge in [0.05, 0.1) is 6.61 Å². The summed E-state index contributed by atoms with van der Waals surface area (Å²) < 4.78 is 5.83. The molecule has 1 unspecified atom stereocenters. The van der Waals surface area contributed by atoms with Crippen LogP contribution in [0, 0.1) is 5.92 Å². The lowest BCUT2D eigenvalue weighted by atomic mass is 10.1. The average Bonchev–Trinajstić information content (AvgIpc) is 2.56. The molecule has 2 heteroatoms. The second-order valence-electron chi connectivity index (χ2n) is 5.55. The first-order valence-corrected chi connectivity index (χ1v) is 8.62. The lowest BCUT2D eigenvalue weighted by Crippen LogP contribution is -2.12. The number of hydrogen-bond acceptors (Lipinski definition) is 2. The van der Waals surface area contributed by atoms with Gasteiger partial charge in [-0.05, 0) is 30.0 Å². The van der Waals surface area contributed by atoms with Crippen LogP contribution in [0.1, 0.15) is 18.9 Å². The largest absolute Gasteiger partial charge is 0.376 e. The van der Waals surface area contributed by atoms with Gasteiger partial charge in [0.15, 0.2) is 0 Å². The predicted molar refractivity (Wildman–Crippen MR) is 96.2 cm³/mol. The molecule has 0 bridgehead atoms. The minimum absolute atomic E-state index is 0.428. The lowest BCUT2D eigenvalue weighted by Gasteiger charge is -2.18. The van der Waals surface area contributed by atoms with Gasteiger partial charge in [0.25, 0.3) is 0 Å². The molecular weight excluding hydrogens is 288 g/mol. The van der Waals surface area contributed by atoms with Crippen molar-refractivity contribution in [1.29, 1.82) is 0 Å². The minimum Gasteiger partial charge on any atom is -0.376 e. The van der Waals surface area contributed by atoms with E-state index < -0.39 is 0 Å². The van der Waals surface area contributed by atoms with Crippen LogP contribution < -0.4 is 0 Å². The van der Waals surface area contributed by atoms with Gasteiger partial charge in [-0.15, -0.1) is 18.3 Å². The fraction of sp³-hybridized carbons (Fsp3) is 0.300. The van der Waals surface area contributed by atoms with Crippen molar-refractivity contribution in [2.75, 3.05) is 6.61 Å². The Labute approximate surface area is 138 Å². The molecule has 0 saturated carbocycles. The minimum atomic E-state index is 0.428. The topological polar surface area (TPSA) is 9.23 Å². The van der Waals surface area contributed by atoms with Gasteiger partial charge in [0.2, 0.25) is 0 Å². The Bertz CT molecular complexity index is 538.